The zero-order valence-electron chi connectivity index (χ0n) is 13.3. The maximum Gasteiger partial charge on any atom is 0.310 e. The van der Waals surface area contributed by atoms with Crippen molar-refractivity contribution in [3.05, 3.63) is 35.0 Å². The van der Waals surface area contributed by atoms with Gasteiger partial charge in [0, 0.05) is 29.1 Å². The molecule has 1 aromatic carbocycles. The smallest absolute Gasteiger partial charge is 0.310 e. The van der Waals surface area contributed by atoms with Crippen LogP contribution >= 0.6 is 0 Å². The van der Waals surface area contributed by atoms with Crippen molar-refractivity contribution < 1.29 is 9.53 Å². The molecule has 1 aromatic heterocycles. The molecule has 2 aromatic rings. The van der Waals surface area contributed by atoms with Gasteiger partial charge in [-0.1, -0.05) is 12.1 Å². The van der Waals surface area contributed by atoms with Gasteiger partial charge >= 0.3 is 5.97 Å². The van der Waals surface area contributed by atoms with E-state index >= 15 is 0 Å². The van der Waals surface area contributed by atoms with Gasteiger partial charge in [-0.25, -0.2) is 0 Å². The van der Waals surface area contributed by atoms with Gasteiger partial charge < -0.3 is 14.6 Å². The summed E-state index contributed by atoms with van der Waals surface area (Å²) in [5.74, 6) is -0.261. The van der Waals surface area contributed by atoms with E-state index < -0.39 is 0 Å². The maximum absolute atomic E-state index is 12.0. The molecule has 0 radical (unpaired) electrons. The van der Waals surface area contributed by atoms with Gasteiger partial charge in [-0.05, 0) is 37.0 Å². The molecule has 1 saturated heterocycles. The summed E-state index contributed by atoms with van der Waals surface area (Å²) in [5, 5.41) is 10.9. The van der Waals surface area contributed by atoms with E-state index in [9.17, 15) is 10.1 Å². The van der Waals surface area contributed by atoms with E-state index in [0.29, 0.717) is 6.54 Å². The van der Waals surface area contributed by atoms with Gasteiger partial charge in [0.05, 0.1) is 19.1 Å². The predicted molar refractivity (Wildman–Crippen MR) is 85.7 cm³/mol. The number of esters is 1. The number of hydrogen-bond donors (Lipinski definition) is 1. The first kappa shape index (κ1) is 14.1. The highest BCUT2D eigenvalue weighted by Gasteiger charge is 2.43. The summed E-state index contributed by atoms with van der Waals surface area (Å²) in [7, 11) is 1.42. The Labute approximate surface area is 134 Å². The fourth-order valence-corrected chi connectivity index (χ4v) is 4.42. The van der Waals surface area contributed by atoms with Crippen LogP contribution in [0.2, 0.25) is 0 Å². The van der Waals surface area contributed by atoms with E-state index in [1.54, 1.807) is 4.90 Å². The molecule has 1 N–H and O–H groups in total. The monoisotopic (exact) mass is 309 g/mol. The summed E-state index contributed by atoms with van der Waals surface area (Å²) >= 11 is 0. The Hall–Kier alpha value is -2.48. The van der Waals surface area contributed by atoms with Gasteiger partial charge in [0.15, 0.2) is 6.19 Å². The Bertz CT molecular complexity index is 833. The number of rotatable bonds is 1. The van der Waals surface area contributed by atoms with Crippen LogP contribution in [0.15, 0.2) is 18.2 Å². The topological polar surface area (TPSA) is 69.1 Å². The number of fused-ring (bicyclic) bond motifs is 2. The van der Waals surface area contributed by atoms with Crippen LogP contribution in [-0.2, 0) is 16.0 Å². The molecule has 4 rings (SSSR count). The molecular formula is C18H19N3O2. The quantitative estimate of drug-likeness (QED) is 0.649. The summed E-state index contributed by atoms with van der Waals surface area (Å²) in [6, 6.07) is 6.43. The largest absolute Gasteiger partial charge is 0.469 e. The second-order valence-electron chi connectivity index (χ2n) is 6.58. The number of carbonyl (C=O) groups excluding carboxylic acids is 1. The number of aromatic amines is 1. The Morgan fingerprint density at radius 3 is 3.04 bits per heavy atom. The van der Waals surface area contributed by atoms with Gasteiger partial charge in [0.2, 0.25) is 0 Å². The fraction of sp³-hybridized carbons (Fsp3) is 0.444. The van der Waals surface area contributed by atoms with E-state index in [-0.39, 0.29) is 23.8 Å². The lowest BCUT2D eigenvalue weighted by atomic mass is 9.72. The number of H-pyrrole nitrogens is 1. The molecule has 0 amide bonds. The van der Waals surface area contributed by atoms with Gasteiger partial charge in [0.1, 0.15) is 0 Å². The molecule has 5 heteroatoms. The molecule has 1 aliphatic carbocycles. The van der Waals surface area contributed by atoms with Gasteiger partial charge in [-0.2, -0.15) is 5.26 Å². The minimum Gasteiger partial charge on any atom is -0.469 e. The zero-order valence-corrected chi connectivity index (χ0v) is 13.3. The van der Waals surface area contributed by atoms with E-state index in [1.165, 1.54) is 29.3 Å². The van der Waals surface area contributed by atoms with Crippen LogP contribution in [0, 0.1) is 24.3 Å². The highest BCUT2D eigenvalue weighted by molar-refractivity contribution is 5.89. The van der Waals surface area contributed by atoms with Crippen LogP contribution < -0.4 is 0 Å². The Morgan fingerprint density at radius 1 is 1.48 bits per heavy atom. The minimum atomic E-state index is -0.238. The molecule has 118 valence electrons. The van der Waals surface area contributed by atoms with Crippen molar-refractivity contribution in [2.24, 2.45) is 5.92 Å². The summed E-state index contributed by atoms with van der Waals surface area (Å²) in [6.45, 7) is 2.55. The standard InChI is InChI=1S/C18H19N3O2/c1-10-13-7-16-14(12-4-3-5-15(20-10)17(12)13)6-11(18(22)23-2)8-21(16)9-19/h3-5,11,14,16,20H,6-8H2,1-2H3/t11-,14-,16-/m1/s1. The van der Waals surface area contributed by atoms with Crippen LogP contribution in [-0.4, -0.2) is 35.5 Å². The van der Waals surface area contributed by atoms with Crippen molar-refractivity contribution >= 4 is 16.9 Å². The normalized spacial score (nSPS) is 25.8. The average Bonchev–Trinajstić information content (AvgIpc) is 2.90. The predicted octanol–water partition coefficient (Wildman–Crippen LogP) is 2.46. The van der Waals surface area contributed by atoms with E-state index in [4.69, 9.17) is 4.74 Å². The first-order chi connectivity index (χ1) is 11.1. The molecule has 2 heterocycles. The third-order valence-corrected chi connectivity index (χ3v) is 5.47. The number of piperidine rings is 1. The number of likely N-dealkylation sites (tertiary alicyclic amines) is 1. The van der Waals surface area contributed by atoms with Gasteiger partial charge in [0.25, 0.3) is 0 Å². The van der Waals surface area contributed by atoms with Gasteiger partial charge in [-0.15, -0.1) is 0 Å². The lowest BCUT2D eigenvalue weighted by Crippen LogP contribution is -2.49. The average molecular weight is 309 g/mol. The molecule has 23 heavy (non-hydrogen) atoms. The van der Waals surface area contributed by atoms with Crippen LogP contribution in [0.5, 0.6) is 0 Å². The number of nitriles is 1. The molecule has 1 aliphatic heterocycles. The second kappa shape index (κ2) is 5.02. The number of carbonyl (C=O) groups is 1. The van der Waals surface area contributed by atoms with Crippen LogP contribution in [0.3, 0.4) is 0 Å². The van der Waals surface area contributed by atoms with Crippen molar-refractivity contribution in [1.29, 1.82) is 5.26 Å². The first-order valence-electron chi connectivity index (χ1n) is 7.98. The molecule has 0 bridgehead atoms. The SMILES string of the molecule is COC(=O)[C@@H]1C[C@@H]2c3cccc4[nH]c(C)c(c34)C[C@H]2N(C#N)C1. The van der Waals surface area contributed by atoms with Crippen molar-refractivity contribution in [3.63, 3.8) is 0 Å². The van der Waals surface area contributed by atoms with Crippen molar-refractivity contribution in [2.45, 2.75) is 31.7 Å². The molecule has 0 saturated carbocycles. The van der Waals surface area contributed by atoms with Crippen LogP contribution in [0.25, 0.3) is 10.9 Å². The number of ether oxygens (including phenoxy) is 1. The third kappa shape index (κ3) is 1.94. The Balaban J connectivity index is 1.85. The van der Waals surface area contributed by atoms with Crippen molar-refractivity contribution in [3.8, 4) is 6.19 Å². The second-order valence-corrected chi connectivity index (χ2v) is 6.58. The van der Waals surface area contributed by atoms with E-state index in [0.717, 1.165) is 18.4 Å². The number of nitrogens with one attached hydrogen (secondary N) is 1. The summed E-state index contributed by atoms with van der Waals surface area (Å²) < 4.78 is 4.93. The molecule has 1 fully saturated rings. The molecule has 5 nitrogen and oxygen atoms in total. The number of aryl methyl sites for hydroxylation is 1. The van der Waals surface area contributed by atoms with Crippen molar-refractivity contribution in [1.82, 2.24) is 9.88 Å². The number of hydrogen-bond acceptors (Lipinski definition) is 4. The Kier molecular flexibility index (Phi) is 3.08. The lowest BCUT2D eigenvalue weighted by Gasteiger charge is -2.43. The maximum atomic E-state index is 12.0. The lowest BCUT2D eigenvalue weighted by molar-refractivity contribution is -0.147. The molecule has 0 unspecified atom stereocenters. The molecule has 2 aliphatic rings. The number of nitrogens with zero attached hydrogens (tertiary/aromatic N) is 2. The highest BCUT2D eigenvalue weighted by Crippen LogP contribution is 2.45. The number of methoxy groups -OCH3 is 1. The van der Waals surface area contributed by atoms with Gasteiger partial charge in [-0.3, -0.25) is 4.79 Å². The van der Waals surface area contributed by atoms with E-state index in [1.807, 2.05) is 0 Å². The first-order valence-corrected chi connectivity index (χ1v) is 7.98. The van der Waals surface area contributed by atoms with E-state index in [2.05, 4.69) is 36.3 Å². The fourth-order valence-electron chi connectivity index (χ4n) is 4.42. The highest BCUT2D eigenvalue weighted by atomic mass is 16.5. The number of benzene rings is 1. The summed E-state index contributed by atoms with van der Waals surface area (Å²) in [6.07, 6.45) is 3.91. The third-order valence-electron chi connectivity index (χ3n) is 5.47. The van der Waals surface area contributed by atoms with Crippen molar-refractivity contribution in [2.75, 3.05) is 13.7 Å². The zero-order chi connectivity index (χ0) is 16.1. The van der Waals surface area contributed by atoms with Crippen LogP contribution in [0.1, 0.15) is 29.2 Å². The Morgan fingerprint density at radius 2 is 2.30 bits per heavy atom. The molecule has 3 atom stereocenters. The summed E-state index contributed by atoms with van der Waals surface area (Å²) in [4.78, 5) is 17.3. The minimum absolute atomic E-state index is 0.133. The van der Waals surface area contributed by atoms with Crippen LogP contribution in [0.4, 0.5) is 0 Å². The summed E-state index contributed by atoms with van der Waals surface area (Å²) in [5.41, 5.74) is 4.90. The molecule has 0 spiro atoms. The molecular weight excluding hydrogens is 290 g/mol. The number of aromatic nitrogens is 1.